The second kappa shape index (κ2) is 7.57. The maximum Gasteiger partial charge on any atom is 0.293 e. The van der Waals surface area contributed by atoms with Gasteiger partial charge in [-0.1, -0.05) is 37.6 Å². The van der Waals surface area contributed by atoms with Crippen molar-refractivity contribution in [2.75, 3.05) is 18.5 Å². The SMILES string of the molecule is CCCCN(C)c1ccc(-c2nn(C)c(=O)c3ccccc23)cc1[N+](=O)[O-]. The van der Waals surface area contributed by atoms with E-state index in [-0.39, 0.29) is 16.2 Å². The second-order valence-corrected chi connectivity index (χ2v) is 6.56. The molecule has 0 N–H and O–H groups in total. The number of nitro groups is 1. The van der Waals surface area contributed by atoms with E-state index in [9.17, 15) is 14.9 Å². The van der Waals surface area contributed by atoms with Crippen molar-refractivity contribution in [1.29, 1.82) is 0 Å². The molecule has 7 nitrogen and oxygen atoms in total. The first-order valence-electron chi connectivity index (χ1n) is 8.90. The Balaban J connectivity index is 2.18. The van der Waals surface area contributed by atoms with Crippen molar-refractivity contribution in [3.8, 4) is 11.3 Å². The average Bonchev–Trinajstić information content (AvgIpc) is 2.68. The number of hydrogen-bond acceptors (Lipinski definition) is 5. The Bertz CT molecular complexity index is 1060. The molecular weight excluding hydrogens is 344 g/mol. The van der Waals surface area contributed by atoms with Crippen LogP contribution in [0.15, 0.2) is 47.3 Å². The van der Waals surface area contributed by atoms with Gasteiger partial charge in [-0.15, -0.1) is 0 Å². The normalized spacial score (nSPS) is 10.9. The van der Waals surface area contributed by atoms with E-state index < -0.39 is 0 Å². The lowest BCUT2D eigenvalue weighted by Gasteiger charge is -2.19. The molecule has 1 aromatic heterocycles. The number of benzene rings is 2. The van der Waals surface area contributed by atoms with Crippen LogP contribution in [-0.4, -0.2) is 28.3 Å². The number of nitrogens with zero attached hydrogens (tertiary/aromatic N) is 4. The highest BCUT2D eigenvalue weighted by Gasteiger charge is 2.20. The van der Waals surface area contributed by atoms with E-state index in [0.29, 0.717) is 27.7 Å². The molecule has 3 rings (SSSR count). The minimum atomic E-state index is -0.370. The molecular formula is C20H22N4O3. The van der Waals surface area contributed by atoms with Crippen LogP contribution in [0.1, 0.15) is 19.8 Å². The van der Waals surface area contributed by atoms with E-state index in [0.717, 1.165) is 19.4 Å². The lowest BCUT2D eigenvalue weighted by molar-refractivity contribution is -0.384. The molecule has 7 heteroatoms. The van der Waals surface area contributed by atoms with E-state index in [1.54, 1.807) is 25.2 Å². The van der Waals surface area contributed by atoms with Gasteiger partial charge in [-0.3, -0.25) is 14.9 Å². The minimum Gasteiger partial charge on any atom is -0.369 e. The van der Waals surface area contributed by atoms with E-state index in [1.807, 2.05) is 30.1 Å². The second-order valence-electron chi connectivity index (χ2n) is 6.56. The van der Waals surface area contributed by atoms with Crippen LogP contribution < -0.4 is 10.5 Å². The summed E-state index contributed by atoms with van der Waals surface area (Å²) >= 11 is 0. The van der Waals surface area contributed by atoms with E-state index in [1.165, 1.54) is 10.7 Å². The molecule has 27 heavy (non-hydrogen) atoms. The third-order valence-corrected chi connectivity index (χ3v) is 4.66. The van der Waals surface area contributed by atoms with Crippen molar-refractivity contribution in [2.45, 2.75) is 19.8 Å². The molecule has 0 saturated heterocycles. The summed E-state index contributed by atoms with van der Waals surface area (Å²) in [5.74, 6) is 0. The number of anilines is 1. The highest BCUT2D eigenvalue weighted by Crippen LogP contribution is 2.34. The standard InChI is InChI=1S/C20H22N4O3/c1-4-5-12-22(2)17-11-10-14(13-18(17)24(26)27)19-15-8-6-7-9-16(15)20(25)23(3)21-19/h6-11,13H,4-5,12H2,1-3H3. The summed E-state index contributed by atoms with van der Waals surface area (Å²) < 4.78 is 1.27. The summed E-state index contributed by atoms with van der Waals surface area (Å²) in [6.07, 6.45) is 1.98. The van der Waals surface area contributed by atoms with E-state index >= 15 is 0 Å². The maximum atomic E-state index is 12.3. The fourth-order valence-electron chi connectivity index (χ4n) is 3.17. The van der Waals surface area contributed by atoms with Crippen LogP contribution in [-0.2, 0) is 7.05 Å². The van der Waals surface area contributed by atoms with Crippen LogP contribution in [0.2, 0.25) is 0 Å². The zero-order chi connectivity index (χ0) is 19.6. The summed E-state index contributed by atoms with van der Waals surface area (Å²) in [5.41, 5.74) is 1.58. The molecule has 1 heterocycles. The minimum absolute atomic E-state index is 0.0332. The van der Waals surface area contributed by atoms with Crippen molar-refractivity contribution in [3.05, 3.63) is 62.9 Å². The predicted molar refractivity (Wildman–Crippen MR) is 107 cm³/mol. The van der Waals surface area contributed by atoms with Crippen LogP contribution in [0.3, 0.4) is 0 Å². The van der Waals surface area contributed by atoms with Gasteiger partial charge in [0.1, 0.15) is 5.69 Å². The first kappa shape index (κ1) is 18.6. The molecule has 0 fully saturated rings. The van der Waals surface area contributed by atoms with Crippen LogP contribution in [0.25, 0.3) is 22.0 Å². The molecule has 0 aliphatic carbocycles. The zero-order valence-corrected chi connectivity index (χ0v) is 15.7. The summed E-state index contributed by atoms with van der Waals surface area (Å²) in [7, 11) is 3.44. The summed E-state index contributed by atoms with van der Waals surface area (Å²) in [4.78, 5) is 25.5. The number of aromatic nitrogens is 2. The number of rotatable bonds is 6. The molecule has 140 valence electrons. The van der Waals surface area contributed by atoms with Crippen LogP contribution in [0, 0.1) is 10.1 Å². The Morgan fingerprint density at radius 3 is 2.56 bits per heavy atom. The van der Waals surface area contributed by atoms with Gasteiger partial charge in [0.15, 0.2) is 0 Å². The van der Waals surface area contributed by atoms with Crippen molar-refractivity contribution in [2.24, 2.45) is 7.05 Å². The molecule has 3 aromatic rings. The lowest BCUT2D eigenvalue weighted by Crippen LogP contribution is -2.21. The first-order chi connectivity index (χ1) is 12.9. The van der Waals surface area contributed by atoms with E-state index in [4.69, 9.17) is 0 Å². The first-order valence-corrected chi connectivity index (χ1v) is 8.90. The third kappa shape index (κ3) is 3.53. The van der Waals surface area contributed by atoms with Gasteiger partial charge in [0, 0.05) is 37.7 Å². The van der Waals surface area contributed by atoms with Crippen molar-refractivity contribution in [1.82, 2.24) is 9.78 Å². The van der Waals surface area contributed by atoms with Crippen molar-refractivity contribution < 1.29 is 4.92 Å². The van der Waals surface area contributed by atoms with Crippen molar-refractivity contribution >= 4 is 22.1 Å². The fraction of sp³-hybridized carbons (Fsp3) is 0.300. The molecule has 2 aromatic carbocycles. The summed E-state index contributed by atoms with van der Waals surface area (Å²) in [6.45, 7) is 2.83. The quantitative estimate of drug-likeness (QED) is 0.490. The van der Waals surface area contributed by atoms with Crippen LogP contribution >= 0.6 is 0 Å². The molecule has 0 amide bonds. The topological polar surface area (TPSA) is 81.3 Å². The smallest absolute Gasteiger partial charge is 0.293 e. The van der Waals surface area contributed by atoms with Gasteiger partial charge in [-0.25, -0.2) is 4.68 Å². The molecule has 0 unspecified atom stereocenters. The van der Waals surface area contributed by atoms with E-state index in [2.05, 4.69) is 12.0 Å². The Kier molecular flexibility index (Phi) is 5.21. The Morgan fingerprint density at radius 2 is 1.89 bits per heavy atom. The highest BCUT2D eigenvalue weighted by molar-refractivity contribution is 5.94. The number of fused-ring (bicyclic) bond motifs is 1. The zero-order valence-electron chi connectivity index (χ0n) is 15.7. The fourth-order valence-corrected chi connectivity index (χ4v) is 3.17. The number of aryl methyl sites for hydroxylation is 1. The molecule has 0 saturated carbocycles. The average molecular weight is 366 g/mol. The van der Waals surface area contributed by atoms with Gasteiger partial charge in [0.25, 0.3) is 11.2 Å². The van der Waals surface area contributed by atoms with Gasteiger partial charge in [-0.05, 0) is 18.6 Å². The Morgan fingerprint density at radius 1 is 1.19 bits per heavy atom. The Labute approximate surface area is 157 Å². The predicted octanol–water partition coefficient (Wildman–Crippen LogP) is 3.75. The molecule has 0 bridgehead atoms. The van der Waals surface area contributed by atoms with Crippen LogP contribution in [0.4, 0.5) is 11.4 Å². The summed E-state index contributed by atoms with van der Waals surface area (Å²) in [6, 6.07) is 12.3. The Hall–Kier alpha value is -3.22. The van der Waals surface area contributed by atoms with Crippen LogP contribution in [0.5, 0.6) is 0 Å². The van der Waals surface area contributed by atoms with Gasteiger partial charge >= 0.3 is 0 Å². The van der Waals surface area contributed by atoms with Gasteiger partial charge in [0.2, 0.25) is 0 Å². The van der Waals surface area contributed by atoms with Crippen molar-refractivity contribution in [3.63, 3.8) is 0 Å². The van der Waals surface area contributed by atoms with Gasteiger partial charge in [0.05, 0.1) is 16.0 Å². The number of unbranched alkanes of at least 4 members (excludes halogenated alkanes) is 1. The van der Waals surface area contributed by atoms with Gasteiger partial charge < -0.3 is 4.90 Å². The number of hydrogen-bond donors (Lipinski definition) is 0. The van der Waals surface area contributed by atoms with Gasteiger partial charge in [-0.2, -0.15) is 5.10 Å². The maximum absolute atomic E-state index is 12.3. The molecule has 0 atom stereocenters. The number of nitro benzene ring substituents is 1. The molecule has 0 spiro atoms. The molecule has 0 radical (unpaired) electrons. The third-order valence-electron chi connectivity index (χ3n) is 4.66. The summed E-state index contributed by atoms with van der Waals surface area (Å²) in [5, 5.41) is 17.3. The highest BCUT2D eigenvalue weighted by atomic mass is 16.6. The molecule has 0 aliphatic heterocycles. The largest absolute Gasteiger partial charge is 0.369 e. The molecule has 0 aliphatic rings. The lowest BCUT2D eigenvalue weighted by atomic mass is 10.0. The monoisotopic (exact) mass is 366 g/mol.